The number of hydrogen-bond acceptors (Lipinski definition) is 4. The van der Waals surface area contributed by atoms with Gasteiger partial charge in [0.25, 0.3) is 11.8 Å². The van der Waals surface area contributed by atoms with Gasteiger partial charge in [-0.2, -0.15) is 0 Å². The monoisotopic (exact) mass is 380 g/mol. The topological polar surface area (TPSA) is 66.9 Å². The average Bonchev–Trinajstić information content (AvgIpc) is 3.02. The molecule has 0 aliphatic carbocycles. The normalized spacial score (nSPS) is 17.5. The first-order chi connectivity index (χ1) is 13.5. The Kier molecular flexibility index (Phi) is 5.78. The van der Waals surface area contributed by atoms with E-state index in [0.717, 1.165) is 0 Å². The lowest BCUT2D eigenvalue weighted by atomic mass is 10.1. The number of benzene rings is 2. The molecule has 0 aromatic heterocycles. The number of hydrogen-bond donors (Lipinski definition) is 0. The van der Waals surface area contributed by atoms with Gasteiger partial charge in [0.1, 0.15) is 11.8 Å². The molecule has 0 bridgehead atoms. The fraction of sp³-hybridized carbons (Fsp3) is 0.318. The summed E-state index contributed by atoms with van der Waals surface area (Å²) in [6, 6.07) is 14.6. The number of amides is 3. The molecule has 1 aliphatic heterocycles. The molecule has 28 heavy (non-hydrogen) atoms. The van der Waals surface area contributed by atoms with Crippen molar-refractivity contribution in [3.8, 4) is 5.75 Å². The molecule has 3 rings (SSSR count). The third kappa shape index (κ3) is 3.63. The van der Waals surface area contributed by atoms with E-state index in [1.54, 1.807) is 60.5 Å². The van der Waals surface area contributed by atoms with E-state index in [1.165, 1.54) is 4.90 Å². The average molecular weight is 380 g/mol. The first kappa shape index (κ1) is 19.6. The molecule has 1 heterocycles. The Hall–Kier alpha value is -3.15. The first-order valence-corrected chi connectivity index (χ1v) is 9.36. The minimum atomic E-state index is -0.808. The van der Waals surface area contributed by atoms with Gasteiger partial charge < -0.3 is 9.64 Å². The zero-order chi connectivity index (χ0) is 20.3. The van der Waals surface area contributed by atoms with Gasteiger partial charge in [0, 0.05) is 11.6 Å². The van der Waals surface area contributed by atoms with Crippen molar-refractivity contribution in [2.75, 3.05) is 12.0 Å². The van der Waals surface area contributed by atoms with Gasteiger partial charge >= 0.3 is 0 Å². The van der Waals surface area contributed by atoms with E-state index in [9.17, 15) is 14.4 Å². The number of anilines is 1. The Morgan fingerprint density at radius 2 is 1.79 bits per heavy atom. The minimum absolute atomic E-state index is 0.0139. The van der Waals surface area contributed by atoms with Crippen LogP contribution in [0.15, 0.2) is 54.6 Å². The van der Waals surface area contributed by atoms with Crippen LogP contribution in [0.1, 0.15) is 37.0 Å². The molecule has 2 unspecified atom stereocenters. The second kappa shape index (κ2) is 8.25. The molecular formula is C22H24N2O4. The molecule has 6 heteroatoms. The summed E-state index contributed by atoms with van der Waals surface area (Å²) in [7, 11) is 1.56. The van der Waals surface area contributed by atoms with Crippen LogP contribution < -0.4 is 9.64 Å². The van der Waals surface area contributed by atoms with Gasteiger partial charge in [-0.15, -0.1) is 0 Å². The summed E-state index contributed by atoms with van der Waals surface area (Å²) in [5.74, 6) is -0.275. The molecule has 0 spiro atoms. The quantitative estimate of drug-likeness (QED) is 0.722. The largest absolute Gasteiger partial charge is 0.497 e. The lowest BCUT2D eigenvalue weighted by Crippen LogP contribution is -2.49. The number of ether oxygens (including phenoxy) is 1. The van der Waals surface area contributed by atoms with Crippen LogP contribution in [-0.4, -0.2) is 41.8 Å². The molecule has 0 N–H and O–H groups in total. The predicted octanol–water partition coefficient (Wildman–Crippen LogP) is 3.27. The van der Waals surface area contributed by atoms with Crippen molar-refractivity contribution in [3.05, 3.63) is 60.2 Å². The van der Waals surface area contributed by atoms with Crippen molar-refractivity contribution in [1.82, 2.24) is 4.90 Å². The highest BCUT2D eigenvalue weighted by Crippen LogP contribution is 2.28. The van der Waals surface area contributed by atoms with Crippen molar-refractivity contribution in [2.45, 2.75) is 38.8 Å². The summed E-state index contributed by atoms with van der Waals surface area (Å²) < 4.78 is 5.14. The number of methoxy groups -OCH3 is 1. The van der Waals surface area contributed by atoms with Crippen molar-refractivity contribution in [3.63, 3.8) is 0 Å². The Balaban J connectivity index is 1.92. The van der Waals surface area contributed by atoms with Crippen molar-refractivity contribution >= 4 is 23.4 Å². The zero-order valence-corrected chi connectivity index (χ0v) is 16.3. The molecule has 3 amide bonds. The molecule has 0 saturated carbocycles. The first-order valence-electron chi connectivity index (χ1n) is 9.36. The number of nitrogens with zero attached hydrogens (tertiary/aromatic N) is 2. The van der Waals surface area contributed by atoms with Gasteiger partial charge in [0.15, 0.2) is 0 Å². The van der Waals surface area contributed by atoms with Crippen molar-refractivity contribution < 1.29 is 19.1 Å². The number of rotatable bonds is 6. The summed E-state index contributed by atoms with van der Waals surface area (Å²) in [5, 5.41) is 0. The number of carbonyl (C=O) groups is 3. The van der Waals surface area contributed by atoms with Gasteiger partial charge in [0.05, 0.1) is 19.2 Å². The maximum Gasteiger partial charge on any atom is 0.257 e. The summed E-state index contributed by atoms with van der Waals surface area (Å²) in [5.41, 5.74) is 0.987. The highest BCUT2D eigenvalue weighted by molar-refractivity contribution is 6.23. The van der Waals surface area contributed by atoms with Crippen molar-refractivity contribution in [2.24, 2.45) is 0 Å². The molecule has 1 fully saturated rings. The van der Waals surface area contributed by atoms with Gasteiger partial charge in [0.2, 0.25) is 5.91 Å². The Labute approximate surface area is 164 Å². The lowest BCUT2D eigenvalue weighted by molar-refractivity contribution is -0.122. The zero-order valence-electron chi connectivity index (χ0n) is 16.3. The van der Waals surface area contributed by atoms with Crippen molar-refractivity contribution in [1.29, 1.82) is 0 Å². The fourth-order valence-corrected chi connectivity index (χ4v) is 3.41. The van der Waals surface area contributed by atoms with Gasteiger partial charge in [-0.1, -0.05) is 25.1 Å². The van der Waals surface area contributed by atoms with Crippen LogP contribution in [0, 0.1) is 0 Å². The molecule has 2 atom stereocenters. The predicted molar refractivity (Wildman–Crippen MR) is 106 cm³/mol. The van der Waals surface area contributed by atoms with Crippen LogP contribution in [0.5, 0.6) is 5.75 Å². The molecule has 2 aromatic rings. The molecule has 146 valence electrons. The van der Waals surface area contributed by atoms with Crippen LogP contribution in [0.25, 0.3) is 0 Å². The molecule has 2 aromatic carbocycles. The van der Waals surface area contributed by atoms with Crippen LogP contribution in [0.3, 0.4) is 0 Å². The summed E-state index contributed by atoms with van der Waals surface area (Å²) in [6.45, 7) is 3.85. The summed E-state index contributed by atoms with van der Waals surface area (Å²) in [6.07, 6.45) is 0.658. The second-order valence-corrected chi connectivity index (χ2v) is 6.82. The smallest absolute Gasteiger partial charge is 0.257 e. The van der Waals surface area contributed by atoms with E-state index in [0.29, 0.717) is 23.4 Å². The molecule has 1 saturated heterocycles. The minimum Gasteiger partial charge on any atom is -0.497 e. The van der Waals surface area contributed by atoms with E-state index in [1.807, 2.05) is 19.9 Å². The number of imide groups is 1. The summed E-state index contributed by atoms with van der Waals surface area (Å²) >= 11 is 0. The highest BCUT2D eigenvalue weighted by Gasteiger charge is 2.45. The van der Waals surface area contributed by atoms with Gasteiger partial charge in [-0.25, -0.2) is 4.90 Å². The van der Waals surface area contributed by atoms with E-state index < -0.39 is 6.04 Å². The third-order valence-electron chi connectivity index (χ3n) is 5.11. The van der Waals surface area contributed by atoms with E-state index in [2.05, 4.69) is 0 Å². The Morgan fingerprint density at radius 1 is 1.14 bits per heavy atom. The van der Waals surface area contributed by atoms with Gasteiger partial charge in [-0.3, -0.25) is 14.4 Å². The summed E-state index contributed by atoms with van der Waals surface area (Å²) in [4.78, 5) is 41.7. The fourth-order valence-electron chi connectivity index (χ4n) is 3.41. The number of carbonyl (C=O) groups excluding carboxylic acids is 3. The standard InChI is InChI=1S/C22H24N2O4/c1-4-15(2)23(21(26)16-10-12-18(28-3)13-11-16)19-14-20(25)24(22(19)27)17-8-6-5-7-9-17/h5-13,15,19H,4,14H2,1-3H3. The molecule has 0 radical (unpaired) electrons. The number of para-hydroxylation sites is 1. The van der Waals surface area contributed by atoms with Crippen LogP contribution in [0.2, 0.25) is 0 Å². The molecular weight excluding hydrogens is 356 g/mol. The van der Waals surface area contributed by atoms with E-state index >= 15 is 0 Å². The SMILES string of the molecule is CCC(C)N(C(=O)c1ccc(OC)cc1)C1CC(=O)N(c2ccccc2)C1=O. The lowest BCUT2D eigenvalue weighted by Gasteiger charge is -2.33. The maximum atomic E-state index is 13.2. The Morgan fingerprint density at radius 3 is 2.36 bits per heavy atom. The molecule has 6 nitrogen and oxygen atoms in total. The van der Waals surface area contributed by atoms with E-state index in [4.69, 9.17) is 4.74 Å². The maximum absolute atomic E-state index is 13.2. The van der Waals surface area contributed by atoms with Crippen LogP contribution in [-0.2, 0) is 9.59 Å². The van der Waals surface area contributed by atoms with Crippen LogP contribution >= 0.6 is 0 Å². The van der Waals surface area contributed by atoms with E-state index in [-0.39, 0.29) is 30.2 Å². The Bertz CT molecular complexity index is 864. The van der Waals surface area contributed by atoms with Gasteiger partial charge in [-0.05, 0) is 49.7 Å². The third-order valence-corrected chi connectivity index (χ3v) is 5.11. The van der Waals surface area contributed by atoms with Crippen LogP contribution in [0.4, 0.5) is 5.69 Å². The highest BCUT2D eigenvalue weighted by atomic mass is 16.5. The second-order valence-electron chi connectivity index (χ2n) is 6.82. The molecule has 1 aliphatic rings.